The van der Waals surface area contributed by atoms with Crippen molar-refractivity contribution in [2.45, 2.75) is 64.8 Å². The lowest BCUT2D eigenvalue weighted by Crippen LogP contribution is -2.44. The van der Waals surface area contributed by atoms with Crippen LogP contribution in [-0.2, 0) is 0 Å². The molecule has 0 radical (unpaired) electrons. The Balaban J connectivity index is 1.94. The molecule has 0 heterocycles. The molecule has 0 amide bonds. The van der Waals surface area contributed by atoms with Crippen molar-refractivity contribution in [2.75, 3.05) is 6.54 Å². The van der Waals surface area contributed by atoms with Gasteiger partial charge < -0.3 is 5.32 Å². The maximum absolute atomic E-state index is 3.81. The Morgan fingerprint density at radius 2 is 1.93 bits per heavy atom. The van der Waals surface area contributed by atoms with E-state index in [4.69, 9.17) is 0 Å². The molecule has 2 saturated carbocycles. The van der Waals surface area contributed by atoms with Crippen LogP contribution in [0.15, 0.2) is 0 Å². The van der Waals surface area contributed by atoms with Crippen LogP contribution in [-0.4, -0.2) is 12.6 Å². The molecule has 1 atom stereocenters. The normalized spacial score (nSPS) is 27.9. The lowest BCUT2D eigenvalue weighted by atomic mass is 9.78. The van der Waals surface area contributed by atoms with Gasteiger partial charge in [0.25, 0.3) is 0 Å². The van der Waals surface area contributed by atoms with Gasteiger partial charge in [-0.15, -0.1) is 0 Å². The molecular formula is C13H25N. The Morgan fingerprint density at radius 1 is 1.29 bits per heavy atom. The van der Waals surface area contributed by atoms with Gasteiger partial charge in [0.1, 0.15) is 0 Å². The number of hydrogen-bond donors (Lipinski definition) is 1. The van der Waals surface area contributed by atoms with Crippen molar-refractivity contribution in [3.8, 4) is 0 Å². The predicted molar refractivity (Wildman–Crippen MR) is 61.4 cm³/mol. The van der Waals surface area contributed by atoms with Gasteiger partial charge in [-0.25, -0.2) is 0 Å². The van der Waals surface area contributed by atoms with E-state index in [9.17, 15) is 0 Å². The van der Waals surface area contributed by atoms with Gasteiger partial charge in [-0.2, -0.15) is 0 Å². The van der Waals surface area contributed by atoms with Crippen LogP contribution in [0.3, 0.4) is 0 Å². The highest BCUT2D eigenvalue weighted by atomic mass is 14.9. The molecule has 2 aliphatic carbocycles. The van der Waals surface area contributed by atoms with Crippen LogP contribution in [0.4, 0.5) is 0 Å². The molecule has 0 bridgehead atoms. The zero-order valence-electron chi connectivity index (χ0n) is 9.81. The Morgan fingerprint density at radius 3 is 2.43 bits per heavy atom. The van der Waals surface area contributed by atoms with E-state index in [0.717, 1.165) is 12.0 Å². The van der Waals surface area contributed by atoms with Gasteiger partial charge in [0, 0.05) is 6.04 Å². The SMILES string of the molecule is CCCNC(C1CC1)C1(C)CCCC1. The largest absolute Gasteiger partial charge is 0.313 e. The number of nitrogens with one attached hydrogen (secondary N) is 1. The van der Waals surface area contributed by atoms with Crippen molar-refractivity contribution in [3.63, 3.8) is 0 Å². The second-order valence-corrected chi connectivity index (χ2v) is 5.63. The average molecular weight is 195 g/mol. The molecule has 0 spiro atoms. The summed E-state index contributed by atoms with van der Waals surface area (Å²) >= 11 is 0. The summed E-state index contributed by atoms with van der Waals surface area (Å²) < 4.78 is 0. The molecule has 1 nitrogen and oxygen atoms in total. The fourth-order valence-corrected chi connectivity index (χ4v) is 3.21. The quantitative estimate of drug-likeness (QED) is 0.709. The van der Waals surface area contributed by atoms with Crippen molar-refractivity contribution >= 4 is 0 Å². The highest BCUT2D eigenvalue weighted by Gasteiger charge is 2.44. The van der Waals surface area contributed by atoms with Crippen molar-refractivity contribution in [2.24, 2.45) is 11.3 Å². The lowest BCUT2D eigenvalue weighted by Gasteiger charge is -2.35. The molecule has 0 saturated heterocycles. The molecule has 1 heteroatoms. The first-order valence-electron chi connectivity index (χ1n) is 6.49. The molecule has 0 aliphatic heterocycles. The molecule has 82 valence electrons. The van der Waals surface area contributed by atoms with Gasteiger partial charge in [0.05, 0.1) is 0 Å². The summed E-state index contributed by atoms with van der Waals surface area (Å²) in [4.78, 5) is 0. The topological polar surface area (TPSA) is 12.0 Å². The van der Waals surface area contributed by atoms with Gasteiger partial charge in [0.15, 0.2) is 0 Å². The minimum absolute atomic E-state index is 0.635. The Hall–Kier alpha value is -0.0400. The zero-order valence-corrected chi connectivity index (χ0v) is 9.81. The van der Waals surface area contributed by atoms with E-state index in [2.05, 4.69) is 19.2 Å². The summed E-state index contributed by atoms with van der Waals surface area (Å²) in [7, 11) is 0. The van der Waals surface area contributed by atoms with Crippen molar-refractivity contribution < 1.29 is 0 Å². The number of rotatable bonds is 5. The van der Waals surface area contributed by atoms with E-state index in [1.54, 1.807) is 0 Å². The molecule has 14 heavy (non-hydrogen) atoms. The standard InChI is InChI=1S/C13H25N/c1-3-10-14-12(11-6-7-11)13(2)8-4-5-9-13/h11-12,14H,3-10H2,1-2H3. The maximum Gasteiger partial charge on any atom is 0.0149 e. The molecule has 2 fully saturated rings. The van der Waals surface area contributed by atoms with Crippen LogP contribution in [0, 0.1) is 11.3 Å². The molecule has 0 aromatic rings. The monoisotopic (exact) mass is 195 g/mol. The zero-order chi connectivity index (χ0) is 10.0. The molecular weight excluding hydrogens is 170 g/mol. The fraction of sp³-hybridized carbons (Fsp3) is 1.00. The van der Waals surface area contributed by atoms with Crippen LogP contribution in [0.2, 0.25) is 0 Å². The van der Waals surface area contributed by atoms with E-state index in [1.165, 1.54) is 51.5 Å². The molecule has 0 aromatic carbocycles. The minimum Gasteiger partial charge on any atom is -0.313 e. The molecule has 2 aliphatic rings. The molecule has 1 unspecified atom stereocenters. The summed E-state index contributed by atoms with van der Waals surface area (Å²) in [5.41, 5.74) is 0.635. The van der Waals surface area contributed by atoms with Crippen molar-refractivity contribution in [3.05, 3.63) is 0 Å². The third kappa shape index (κ3) is 2.13. The Bertz CT molecular complexity index is 178. The smallest absolute Gasteiger partial charge is 0.0149 e. The summed E-state index contributed by atoms with van der Waals surface area (Å²) in [6.45, 7) is 6.01. The second kappa shape index (κ2) is 4.22. The van der Waals surface area contributed by atoms with E-state index in [-0.39, 0.29) is 0 Å². The van der Waals surface area contributed by atoms with Crippen LogP contribution >= 0.6 is 0 Å². The average Bonchev–Trinajstić information content (AvgIpc) is 2.90. The van der Waals surface area contributed by atoms with Crippen molar-refractivity contribution in [1.29, 1.82) is 0 Å². The summed E-state index contributed by atoms with van der Waals surface area (Å²) in [6.07, 6.45) is 10.1. The van der Waals surface area contributed by atoms with Crippen LogP contribution < -0.4 is 5.32 Å². The first-order chi connectivity index (χ1) is 6.76. The Kier molecular flexibility index (Phi) is 3.16. The summed E-state index contributed by atoms with van der Waals surface area (Å²) in [5.74, 6) is 1.02. The highest BCUT2D eigenvalue weighted by Crippen LogP contribution is 2.48. The van der Waals surface area contributed by atoms with Crippen LogP contribution in [0.5, 0.6) is 0 Å². The fourth-order valence-electron chi connectivity index (χ4n) is 3.21. The minimum atomic E-state index is 0.635. The third-order valence-electron chi connectivity index (χ3n) is 4.20. The first-order valence-corrected chi connectivity index (χ1v) is 6.49. The van der Waals surface area contributed by atoms with E-state index in [1.807, 2.05) is 0 Å². The molecule has 1 N–H and O–H groups in total. The first kappa shape index (κ1) is 10.5. The van der Waals surface area contributed by atoms with Gasteiger partial charge in [-0.05, 0) is 50.0 Å². The third-order valence-corrected chi connectivity index (χ3v) is 4.20. The predicted octanol–water partition coefficient (Wildman–Crippen LogP) is 3.34. The second-order valence-electron chi connectivity index (χ2n) is 5.63. The van der Waals surface area contributed by atoms with E-state index < -0.39 is 0 Å². The highest BCUT2D eigenvalue weighted by molar-refractivity contribution is 4.99. The van der Waals surface area contributed by atoms with Gasteiger partial charge in [-0.1, -0.05) is 26.7 Å². The van der Waals surface area contributed by atoms with E-state index in [0.29, 0.717) is 5.41 Å². The summed E-state index contributed by atoms with van der Waals surface area (Å²) in [6, 6.07) is 0.838. The van der Waals surface area contributed by atoms with Crippen molar-refractivity contribution in [1.82, 2.24) is 5.32 Å². The molecule has 0 aromatic heterocycles. The van der Waals surface area contributed by atoms with Gasteiger partial charge in [-0.3, -0.25) is 0 Å². The number of hydrogen-bond acceptors (Lipinski definition) is 1. The van der Waals surface area contributed by atoms with Gasteiger partial charge in [0.2, 0.25) is 0 Å². The maximum atomic E-state index is 3.81. The van der Waals surface area contributed by atoms with Gasteiger partial charge >= 0.3 is 0 Å². The van der Waals surface area contributed by atoms with Crippen LogP contribution in [0.25, 0.3) is 0 Å². The Labute approximate surface area is 88.7 Å². The van der Waals surface area contributed by atoms with Crippen LogP contribution in [0.1, 0.15) is 58.8 Å². The molecule has 2 rings (SSSR count). The van der Waals surface area contributed by atoms with E-state index >= 15 is 0 Å². The lowest BCUT2D eigenvalue weighted by molar-refractivity contribution is 0.199. The summed E-state index contributed by atoms with van der Waals surface area (Å²) in [5, 5.41) is 3.81.